The third-order valence-electron chi connectivity index (χ3n) is 4.13. The second-order valence-electron chi connectivity index (χ2n) is 5.69. The zero-order valence-corrected chi connectivity index (χ0v) is 11.6. The highest BCUT2D eigenvalue weighted by molar-refractivity contribution is 5.83. The van der Waals surface area contributed by atoms with E-state index in [0.29, 0.717) is 0 Å². The molecule has 0 amide bonds. The van der Waals surface area contributed by atoms with Crippen molar-refractivity contribution in [2.45, 2.75) is 26.3 Å². The number of nitrogens with one attached hydrogen (secondary N) is 3. The molecule has 1 aromatic carbocycles. The van der Waals surface area contributed by atoms with Crippen LogP contribution >= 0.6 is 0 Å². The van der Waals surface area contributed by atoms with Crippen molar-refractivity contribution < 1.29 is 0 Å². The van der Waals surface area contributed by atoms with Crippen LogP contribution in [0.15, 0.2) is 24.4 Å². The van der Waals surface area contributed by atoms with Crippen molar-refractivity contribution in [3.05, 3.63) is 35.5 Å². The summed E-state index contributed by atoms with van der Waals surface area (Å²) in [6.07, 6.45) is 4.75. The summed E-state index contributed by atoms with van der Waals surface area (Å²) in [5.41, 5.74) is 3.95. The van der Waals surface area contributed by atoms with Crippen LogP contribution in [0.1, 0.15) is 24.0 Å². The van der Waals surface area contributed by atoms with E-state index in [1.807, 2.05) is 0 Å². The Bertz CT molecular complexity index is 538. The average molecular weight is 257 g/mol. The summed E-state index contributed by atoms with van der Waals surface area (Å²) in [7, 11) is 0. The number of H-pyrrole nitrogens is 1. The van der Waals surface area contributed by atoms with Crippen LogP contribution in [0.2, 0.25) is 0 Å². The Morgan fingerprint density at radius 2 is 2.11 bits per heavy atom. The highest BCUT2D eigenvalue weighted by Crippen LogP contribution is 2.19. The zero-order valence-electron chi connectivity index (χ0n) is 11.6. The number of rotatable bonds is 4. The number of hydrogen-bond acceptors (Lipinski definition) is 2. The predicted molar refractivity (Wildman–Crippen MR) is 80.3 cm³/mol. The van der Waals surface area contributed by atoms with Crippen molar-refractivity contribution in [1.29, 1.82) is 0 Å². The topological polar surface area (TPSA) is 39.9 Å². The van der Waals surface area contributed by atoms with E-state index in [4.69, 9.17) is 0 Å². The van der Waals surface area contributed by atoms with Gasteiger partial charge in [-0.1, -0.05) is 11.6 Å². The summed E-state index contributed by atoms with van der Waals surface area (Å²) in [4.78, 5) is 3.35. The van der Waals surface area contributed by atoms with Gasteiger partial charge in [0.15, 0.2) is 0 Å². The molecule has 19 heavy (non-hydrogen) atoms. The number of piperidine rings is 1. The number of fused-ring (bicyclic) bond motifs is 1. The molecule has 0 unspecified atom stereocenters. The maximum atomic E-state index is 3.62. The number of benzene rings is 1. The van der Waals surface area contributed by atoms with E-state index >= 15 is 0 Å². The molecular weight excluding hydrogens is 234 g/mol. The molecule has 0 saturated carbocycles. The Labute approximate surface area is 114 Å². The smallest absolute Gasteiger partial charge is 0.0457 e. The van der Waals surface area contributed by atoms with Gasteiger partial charge in [0.2, 0.25) is 0 Å². The molecule has 1 saturated heterocycles. The van der Waals surface area contributed by atoms with E-state index < -0.39 is 0 Å². The fourth-order valence-corrected chi connectivity index (χ4v) is 2.94. The van der Waals surface area contributed by atoms with Crippen molar-refractivity contribution >= 4 is 10.9 Å². The number of aromatic nitrogens is 1. The molecule has 3 heteroatoms. The molecule has 3 rings (SSSR count). The number of hydrogen-bond donors (Lipinski definition) is 3. The summed E-state index contributed by atoms with van der Waals surface area (Å²) in [6.45, 7) is 6.61. The molecule has 2 aromatic rings. The molecule has 0 spiro atoms. The Hall–Kier alpha value is -1.32. The largest absolute Gasteiger partial charge is 0.361 e. The van der Waals surface area contributed by atoms with Gasteiger partial charge in [0.25, 0.3) is 0 Å². The molecule has 0 atom stereocenters. The van der Waals surface area contributed by atoms with Gasteiger partial charge >= 0.3 is 0 Å². The molecule has 1 fully saturated rings. The second-order valence-corrected chi connectivity index (χ2v) is 5.69. The standard InChI is InChI=1S/C16H23N3/c1-12-2-3-16-15(8-12)14(11-19-16)10-18-9-13-4-6-17-7-5-13/h2-3,8,11,13,17-19H,4-7,9-10H2,1H3. The lowest BCUT2D eigenvalue weighted by atomic mass is 9.98. The molecular formula is C16H23N3. The molecule has 102 valence electrons. The zero-order chi connectivity index (χ0) is 13.1. The minimum atomic E-state index is 0.841. The van der Waals surface area contributed by atoms with E-state index in [9.17, 15) is 0 Å². The third-order valence-corrected chi connectivity index (χ3v) is 4.13. The van der Waals surface area contributed by atoms with Crippen LogP contribution in [0.3, 0.4) is 0 Å². The first-order valence-corrected chi connectivity index (χ1v) is 7.31. The molecule has 0 bridgehead atoms. The molecule has 1 aromatic heterocycles. The van der Waals surface area contributed by atoms with E-state index in [2.05, 4.69) is 46.9 Å². The van der Waals surface area contributed by atoms with Gasteiger partial charge in [-0.05, 0) is 63.0 Å². The molecule has 0 aliphatic carbocycles. The Morgan fingerprint density at radius 3 is 2.95 bits per heavy atom. The Balaban J connectivity index is 1.60. The molecule has 3 N–H and O–H groups in total. The minimum Gasteiger partial charge on any atom is -0.361 e. The molecule has 0 radical (unpaired) electrons. The maximum Gasteiger partial charge on any atom is 0.0457 e. The average Bonchev–Trinajstić information content (AvgIpc) is 2.83. The van der Waals surface area contributed by atoms with E-state index in [0.717, 1.165) is 19.0 Å². The van der Waals surface area contributed by atoms with Crippen LogP contribution < -0.4 is 10.6 Å². The lowest BCUT2D eigenvalue weighted by Crippen LogP contribution is -2.33. The van der Waals surface area contributed by atoms with Gasteiger partial charge in [-0.3, -0.25) is 0 Å². The highest BCUT2D eigenvalue weighted by atomic mass is 14.9. The molecule has 3 nitrogen and oxygen atoms in total. The van der Waals surface area contributed by atoms with Crippen LogP contribution in [0.4, 0.5) is 0 Å². The van der Waals surface area contributed by atoms with Gasteiger partial charge in [-0.2, -0.15) is 0 Å². The Kier molecular flexibility index (Phi) is 3.85. The monoisotopic (exact) mass is 257 g/mol. The quantitative estimate of drug-likeness (QED) is 0.788. The summed E-state index contributed by atoms with van der Waals surface area (Å²) in [5.74, 6) is 0.841. The fraction of sp³-hybridized carbons (Fsp3) is 0.500. The van der Waals surface area contributed by atoms with Gasteiger partial charge in [0.05, 0.1) is 0 Å². The summed E-state index contributed by atoms with van der Waals surface area (Å²) in [6, 6.07) is 6.60. The van der Waals surface area contributed by atoms with Crippen molar-refractivity contribution in [3.8, 4) is 0 Å². The number of aryl methyl sites for hydroxylation is 1. The highest BCUT2D eigenvalue weighted by Gasteiger charge is 2.12. The maximum absolute atomic E-state index is 3.62. The van der Waals surface area contributed by atoms with Crippen LogP contribution in [-0.2, 0) is 6.54 Å². The van der Waals surface area contributed by atoms with Gasteiger partial charge in [-0.25, -0.2) is 0 Å². The first-order chi connectivity index (χ1) is 9.33. The normalized spacial score (nSPS) is 17.1. The van der Waals surface area contributed by atoms with E-state index in [1.54, 1.807) is 0 Å². The van der Waals surface area contributed by atoms with Crippen molar-refractivity contribution in [2.24, 2.45) is 5.92 Å². The first kappa shape index (κ1) is 12.7. The fourth-order valence-electron chi connectivity index (χ4n) is 2.94. The SMILES string of the molecule is Cc1ccc2[nH]cc(CNCC3CCNCC3)c2c1. The minimum absolute atomic E-state index is 0.841. The van der Waals surface area contributed by atoms with Gasteiger partial charge in [0.1, 0.15) is 0 Å². The predicted octanol–water partition coefficient (Wildman–Crippen LogP) is 2.57. The van der Waals surface area contributed by atoms with Crippen LogP contribution in [-0.4, -0.2) is 24.6 Å². The molecule has 1 aliphatic heterocycles. The Morgan fingerprint density at radius 1 is 1.26 bits per heavy atom. The summed E-state index contributed by atoms with van der Waals surface area (Å²) < 4.78 is 0. The lowest BCUT2D eigenvalue weighted by molar-refractivity contribution is 0.356. The van der Waals surface area contributed by atoms with Crippen molar-refractivity contribution in [1.82, 2.24) is 15.6 Å². The van der Waals surface area contributed by atoms with E-state index in [1.165, 1.54) is 48.0 Å². The van der Waals surface area contributed by atoms with Crippen molar-refractivity contribution in [3.63, 3.8) is 0 Å². The van der Waals surface area contributed by atoms with Crippen molar-refractivity contribution in [2.75, 3.05) is 19.6 Å². The van der Waals surface area contributed by atoms with Crippen LogP contribution in [0, 0.1) is 12.8 Å². The van der Waals surface area contributed by atoms with Gasteiger partial charge in [0, 0.05) is 23.6 Å². The van der Waals surface area contributed by atoms with Gasteiger partial charge < -0.3 is 15.6 Å². The van der Waals surface area contributed by atoms with Crippen LogP contribution in [0.25, 0.3) is 10.9 Å². The van der Waals surface area contributed by atoms with E-state index in [-0.39, 0.29) is 0 Å². The summed E-state index contributed by atoms with van der Waals surface area (Å²) >= 11 is 0. The summed E-state index contributed by atoms with van der Waals surface area (Å²) in [5, 5.41) is 8.40. The first-order valence-electron chi connectivity index (χ1n) is 7.31. The number of aromatic amines is 1. The second kappa shape index (κ2) is 5.76. The van der Waals surface area contributed by atoms with Crippen LogP contribution in [0.5, 0.6) is 0 Å². The lowest BCUT2D eigenvalue weighted by Gasteiger charge is -2.22. The third kappa shape index (κ3) is 2.99. The molecule has 2 heterocycles. The van der Waals surface area contributed by atoms with Gasteiger partial charge in [-0.15, -0.1) is 0 Å². The molecule has 1 aliphatic rings.